The summed E-state index contributed by atoms with van der Waals surface area (Å²) in [6.07, 6.45) is -1.20. The summed E-state index contributed by atoms with van der Waals surface area (Å²) in [6, 6.07) is 19.9. The van der Waals surface area contributed by atoms with Crippen LogP contribution < -0.4 is 21.4 Å². The first-order valence-electron chi connectivity index (χ1n) is 12.4. The first-order chi connectivity index (χ1) is 19.3. The topological polar surface area (TPSA) is 168 Å². The van der Waals surface area contributed by atoms with Gasteiger partial charge in [-0.1, -0.05) is 24.0 Å². The number of aliphatic hydroxyl groups is 1. The Morgan fingerprint density at radius 3 is 2.23 bits per heavy atom. The van der Waals surface area contributed by atoms with Crippen molar-refractivity contribution >= 4 is 34.4 Å². The fourth-order valence-electron chi connectivity index (χ4n) is 3.77. The third-order valence-corrected chi connectivity index (χ3v) is 5.85. The lowest BCUT2D eigenvalue weighted by atomic mass is 10.1. The number of hydrogen-bond acceptors (Lipinski definition) is 7. The summed E-state index contributed by atoms with van der Waals surface area (Å²) in [5, 5.41) is 26.7. The fraction of sp³-hybridized carbons (Fsp3) is 0.172. The highest BCUT2D eigenvalue weighted by atomic mass is 16.5. The van der Waals surface area contributed by atoms with Crippen LogP contribution in [0, 0.1) is 11.8 Å². The standard InChI is InChI=1S/C29H28N6O5/c1-18(36)27(29(39)35-40)34-28(38)21-12-8-19(9-13-21)6-7-20-10-14-22(15-11-20)31-26(37)17-30-16-25-32-23-4-2-3-5-24(23)33-25/h2-5,8-15,18,27,30,36,40H,16-17H2,1H3,(H,31,37)(H,32,33)(H,34,38)(H,35,39)/t18-,27+/m1/s1. The molecule has 0 saturated heterocycles. The average Bonchev–Trinajstić information content (AvgIpc) is 3.38. The zero-order valence-corrected chi connectivity index (χ0v) is 21.6. The quantitative estimate of drug-likeness (QED) is 0.0963. The predicted molar refractivity (Wildman–Crippen MR) is 148 cm³/mol. The molecule has 0 aliphatic carbocycles. The monoisotopic (exact) mass is 540 g/mol. The van der Waals surface area contributed by atoms with Crippen LogP contribution in [-0.2, 0) is 16.1 Å². The largest absolute Gasteiger partial charge is 0.391 e. The molecule has 0 unspecified atom stereocenters. The molecule has 11 heteroatoms. The third kappa shape index (κ3) is 7.52. The molecular formula is C29H28N6O5. The lowest BCUT2D eigenvalue weighted by molar-refractivity contribution is -0.133. The first-order valence-corrected chi connectivity index (χ1v) is 12.4. The molecule has 7 N–H and O–H groups in total. The summed E-state index contributed by atoms with van der Waals surface area (Å²) >= 11 is 0. The predicted octanol–water partition coefficient (Wildman–Crippen LogP) is 1.68. The van der Waals surface area contributed by atoms with Gasteiger partial charge in [-0.25, -0.2) is 10.5 Å². The van der Waals surface area contributed by atoms with Crippen molar-refractivity contribution in [2.75, 3.05) is 11.9 Å². The second kappa shape index (κ2) is 13.2. The van der Waals surface area contributed by atoms with Crippen molar-refractivity contribution in [3.63, 3.8) is 0 Å². The van der Waals surface area contributed by atoms with Crippen LogP contribution in [0.5, 0.6) is 0 Å². The van der Waals surface area contributed by atoms with Crippen LogP contribution >= 0.6 is 0 Å². The molecule has 0 bridgehead atoms. The van der Waals surface area contributed by atoms with Crippen molar-refractivity contribution in [2.24, 2.45) is 0 Å². The molecule has 0 radical (unpaired) electrons. The highest BCUT2D eigenvalue weighted by Crippen LogP contribution is 2.11. The molecule has 4 aromatic rings. The van der Waals surface area contributed by atoms with Gasteiger partial charge in [0.1, 0.15) is 11.9 Å². The first kappa shape index (κ1) is 28.0. The van der Waals surface area contributed by atoms with Crippen molar-refractivity contribution in [2.45, 2.75) is 25.6 Å². The van der Waals surface area contributed by atoms with Gasteiger partial charge in [-0.15, -0.1) is 0 Å². The van der Waals surface area contributed by atoms with Crippen molar-refractivity contribution in [3.05, 3.63) is 95.3 Å². The van der Waals surface area contributed by atoms with E-state index >= 15 is 0 Å². The van der Waals surface area contributed by atoms with Gasteiger partial charge in [0.15, 0.2) is 0 Å². The van der Waals surface area contributed by atoms with Gasteiger partial charge in [0.2, 0.25) is 5.91 Å². The van der Waals surface area contributed by atoms with E-state index in [4.69, 9.17) is 5.21 Å². The van der Waals surface area contributed by atoms with Crippen molar-refractivity contribution in [1.29, 1.82) is 0 Å². The van der Waals surface area contributed by atoms with E-state index < -0.39 is 24.0 Å². The number of nitrogens with one attached hydrogen (secondary N) is 5. The Kier molecular flexibility index (Phi) is 9.22. The van der Waals surface area contributed by atoms with E-state index in [9.17, 15) is 19.5 Å². The molecule has 0 spiro atoms. The summed E-state index contributed by atoms with van der Waals surface area (Å²) in [4.78, 5) is 43.9. The van der Waals surface area contributed by atoms with Crippen molar-refractivity contribution in [1.82, 2.24) is 26.1 Å². The summed E-state index contributed by atoms with van der Waals surface area (Å²) in [5.74, 6) is 5.09. The Morgan fingerprint density at radius 1 is 0.950 bits per heavy atom. The van der Waals surface area contributed by atoms with Crippen LogP contribution in [0.1, 0.15) is 34.2 Å². The Bertz CT molecular complexity index is 1520. The fourth-order valence-corrected chi connectivity index (χ4v) is 3.77. The number of carbonyl (C=O) groups is 3. The van der Waals surface area contributed by atoms with Crippen LogP contribution in [0.15, 0.2) is 72.8 Å². The minimum atomic E-state index is -1.30. The molecule has 0 aliphatic rings. The number of fused-ring (bicyclic) bond motifs is 1. The van der Waals surface area contributed by atoms with E-state index in [0.717, 1.165) is 22.4 Å². The number of aromatic nitrogens is 2. The molecule has 1 heterocycles. The number of hydroxylamine groups is 1. The zero-order valence-electron chi connectivity index (χ0n) is 21.6. The van der Waals surface area contributed by atoms with E-state index in [0.29, 0.717) is 17.8 Å². The Morgan fingerprint density at radius 2 is 1.60 bits per heavy atom. The number of benzene rings is 3. The van der Waals surface area contributed by atoms with E-state index in [-0.39, 0.29) is 18.0 Å². The van der Waals surface area contributed by atoms with Gasteiger partial charge in [-0.05, 0) is 67.6 Å². The van der Waals surface area contributed by atoms with Crippen LogP contribution in [0.25, 0.3) is 11.0 Å². The maximum Gasteiger partial charge on any atom is 0.268 e. The number of imidazole rings is 1. The summed E-state index contributed by atoms with van der Waals surface area (Å²) in [6.45, 7) is 1.88. The second-order valence-electron chi connectivity index (χ2n) is 8.92. The van der Waals surface area contributed by atoms with Gasteiger partial charge in [-0.3, -0.25) is 19.6 Å². The average molecular weight is 541 g/mol. The summed E-state index contributed by atoms with van der Waals surface area (Å²) < 4.78 is 0. The highest BCUT2D eigenvalue weighted by Gasteiger charge is 2.25. The number of rotatable bonds is 9. The molecule has 0 aliphatic heterocycles. The molecule has 0 fully saturated rings. The van der Waals surface area contributed by atoms with Crippen LogP contribution in [-0.4, -0.2) is 56.7 Å². The van der Waals surface area contributed by atoms with E-state index in [1.807, 2.05) is 24.3 Å². The number of anilines is 1. The summed E-state index contributed by atoms with van der Waals surface area (Å²) in [7, 11) is 0. The highest BCUT2D eigenvalue weighted by molar-refractivity contribution is 5.97. The number of aliphatic hydroxyl groups excluding tert-OH is 1. The number of hydrogen-bond donors (Lipinski definition) is 7. The van der Waals surface area contributed by atoms with Gasteiger partial charge in [0.25, 0.3) is 11.8 Å². The van der Waals surface area contributed by atoms with E-state index in [1.165, 1.54) is 24.5 Å². The molecule has 11 nitrogen and oxygen atoms in total. The number of carbonyl (C=O) groups excluding carboxylic acids is 3. The van der Waals surface area contributed by atoms with Gasteiger partial charge in [-0.2, -0.15) is 0 Å². The Balaban J connectivity index is 1.25. The Labute approximate surface area is 230 Å². The molecule has 204 valence electrons. The summed E-state index contributed by atoms with van der Waals surface area (Å²) in [5.41, 5.74) is 5.53. The van der Waals surface area contributed by atoms with Crippen molar-refractivity contribution < 1.29 is 24.7 Å². The van der Waals surface area contributed by atoms with Crippen molar-refractivity contribution in [3.8, 4) is 11.8 Å². The number of H-pyrrole nitrogens is 1. The number of para-hydroxylation sites is 2. The van der Waals surface area contributed by atoms with Crippen LogP contribution in [0.2, 0.25) is 0 Å². The zero-order chi connectivity index (χ0) is 28.5. The molecule has 0 saturated carbocycles. The van der Waals surface area contributed by atoms with Crippen LogP contribution in [0.3, 0.4) is 0 Å². The molecule has 1 aromatic heterocycles. The van der Waals surface area contributed by atoms with Gasteiger partial charge in [0, 0.05) is 22.4 Å². The smallest absolute Gasteiger partial charge is 0.268 e. The van der Waals surface area contributed by atoms with E-state index in [1.54, 1.807) is 36.4 Å². The SMILES string of the molecule is C[C@@H](O)[C@H](NC(=O)c1ccc(C#Cc2ccc(NC(=O)CNCc3nc4ccccc4[nH]3)cc2)cc1)C(=O)NO. The normalized spacial score (nSPS) is 12.1. The maximum absolute atomic E-state index is 12.4. The molecule has 2 atom stereocenters. The number of aromatic amines is 1. The van der Waals surface area contributed by atoms with Gasteiger partial charge in [0.05, 0.1) is 30.2 Å². The number of amides is 3. The molecule has 4 rings (SSSR count). The second-order valence-corrected chi connectivity index (χ2v) is 8.92. The van der Waals surface area contributed by atoms with E-state index in [2.05, 4.69) is 37.8 Å². The molecule has 40 heavy (non-hydrogen) atoms. The molecule has 3 aromatic carbocycles. The Hall–Kier alpha value is -5.02. The van der Waals surface area contributed by atoms with Gasteiger partial charge < -0.3 is 26.0 Å². The van der Waals surface area contributed by atoms with Gasteiger partial charge >= 0.3 is 0 Å². The third-order valence-electron chi connectivity index (χ3n) is 5.85. The van der Waals surface area contributed by atoms with Crippen LogP contribution in [0.4, 0.5) is 5.69 Å². The number of nitrogens with zero attached hydrogens (tertiary/aromatic N) is 1. The lowest BCUT2D eigenvalue weighted by Gasteiger charge is -2.19. The lowest BCUT2D eigenvalue weighted by Crippen LogP contribution is -2.51. The molecular weight excluding hydrogens is 512 g/mol. The minimum absolute atomic E-state index is 0.126. The molecule has 3 amide bonds. The maximum atomic E-state index is 12.4. The minimum Gasteiger partial charge on any atom is -0.391 e.